The molecule has 2 rings (SSSR count). The Kier molecular flexibility index (Phi) is 3.96. The zero-order chi connectivity index (χ0) is 13.2. The van der Waals surface area contributed by atoms with Gasteiger partial charge in [0.2, 0.25) is 0 Å². The summed E-state index contributed by atoms with van der Waals surface area (Å²) in [5, 5.41) is 0. The number of benzene rings is 1. The van der Waals surface area contributed by atoms with Gasteiger partial charge in [-0.15, -0.1) is 0 Å². The van der Waals surface area contributed by atoms with E-state index in [1.54, 1.807) is 7.11 Å². The first-order valence-corrected chi connectivity index (χ1v) is 7.03. The molecular formula is C16H25NO. The van der Waals surface area contributed by atoms with Crippen LogP contribution < -0.4 is 10.5 Å². The van der Waals surface area contributed by atoms with Crippen LogP contribution in [0.25, 0.3) is 0 Å². The van der Waals surface area contributed by atoms with Gasteiger partial charge < -0.3 is 10.5 Å². The molecule has 0 aromatic heterocycles. The summed E-state index contributed by atoms with van der Waals surface area (Å²) in [5.74, 6) is 1.44. The Balaban J connectivity index is 2.39. The van der Waals surface area contributed by atoms with Crippen LogP contribution in [-0.2, 0) is 5.54 Å². The van der Waals surface area contributed by atoms with Crippen molar-refractivity contribution in [2.45, 2.75) is 57.4 Å². The molecule has 0 bridgehead atoms. The van der Waals surface area contributed by atoms with Crippen LogP contribution in [0.1, 0.15) is 63.0 Å². The third-order valence-corrected chi connectivity index (χ3v) is 4.15. The largest absolute Gasteiger partial charge is 0.497 e. The van der Waals surface area contributed by atoms with Crippen LogP contribution >= 0.6 is 0 Å². The minimum Gasteiger partial charge on any atom is -0.497 e. The molecular weight excluding hydrogens is 222 g/mol. The second-order valence-corrected chi connectivity index (χ2v) is 5.87. The third kappa shape index (κ3) is 2.69. The Labute approximate surface area is 111 Å². The summed E-state index contributed by atoms with van der Waals surface area (Å²) in [6.45, 7) is 4.42. The molecule has 2 heteroatoms. The summed E-state index contributed by atoms with van der Waals surface area (Å²) in [4.78, 5) is 0. The van der Waals surface area contributed by atoms with Crippen LogP contribution in [0, 0.1) is 0 Å². The predicted molar refractivity (Wildman–Crippen MR) is 76.0 cm³/mol. The average Bonchev–Trinajstić information content (AvgIpc) is 2.39. The second-order valence-electron chi connectivity index (χ2n) is 5.87. The molecule has 0 amide bonds. The molecule has 1 aliphatic carbocycles. The Morgan fingerprint density at radius 3 is 2.33 bits per heavy atom. The van der Waals surface area contributed by atoms with E-state index in [2.05, 4.69) is 32.0 Å². The summed E-state index contributed by atoms with van der Waals surface area (Å²) in [7, 11) is 1.73. The minimum atomic E-state index is -0.142. The second kappa shape index (κ2) is 5.31. The maximum atomic E-state index is 6.62. The van der Waals surface area contributed by atoms with E-state index in [-0.39, 0.29) is 5.54 Å². The van der Waals surface area contributed by atoms with Gasteiger partial charge in [-0.25, -0.2) is 0 Å². The highest BCUT2D eigenvalue weighted by molar-refractivity contribution is 5.39. The lowest BCUT2D eigenvalue weighted by Gasteiger charge is -2.34. The predicted octanol–water partition coefficient (Wildman–Crippen LogP) is 3.94. The highest BCUT2D eigenvalue weighted by Gasteiger charge is 2.30. The van der Waals surface area contributed by atoms with Crippen molar-refractivity contribution in [1.82, 2.24) is 0 Å². The van der Waals surface area contributed by atoms with E-state index in [0.717, 1.165) is 18.6 Å². The minimum absolute atomic E-state index is 0.142. The first-order valence-electron chi connectivity index (χ1n) is 7.03. The van der Waals surface area contributed by atoms with E-state index in [4.69, 9.17) is 10.5 Å². The topological polar surface area (TPSA) is 35.2 Å². The van der Waals surface area contributed by atoms with Gasteiger partial charge in [0.05, 0.1) is 7.11 Å². The molecule has 100 valence electrons. The van der Waals surface area contributed by atoms with Crippen molar-refractivity contribution in [3.8, 4) is 5.75 Å². The zero-order valence-electron chi connectivity index (χ0n) is 11.8. The fourth-order valence-electron chi connectivity index (χ4n) is 2.83. The Morgan fingerprint density at radius 1 is 1.11 bits per heavy atom. The zero-order valence-corrected chi connectivity index (χ0v) is 11.8. The van der Waals surface area contributed by atoms with Gasteiger partial charge in [-0.2, -0.15) is 0 Å². The van der Waals surface area contributed by atoms with E-state index in [9.17, 15) is 0 Å². The molecule has 0 heterocycles. The van der Waals surface area contributed by atoms with Gasteiger partial charge >= 0.3 is 0 Å². The van der Waals surface area contributed by atoms with Crippen molar-refractivity contribution in [2.24, 2.45) is 5.73 Å². The van der Waals surface area contributed by atoms with E-state index in [1.165, 1.54) is 30.4 Å². The quantitative estimate of drug-likeness (QED) is 0.878. The SMILES string of the molecule is COc1cc(C(C)C)cc(C2(N)CCCCC2)c1. The fourth-order valence-corrected chi connectivity index (χ4v) is 2.83. The maximum Gasteiger partial charge on any atom is 0.119 e. The van der Waals surface area contributed by atoms with Crippen molar-refractivity contribution in [3.05, 3.63) is 29.3 Å². The number of hydrogen-bond acceptors (Lipinski definition) is 2. The highest BCUT2D eigenvalue weighted by Crippen LogP contribution is 2.37. The molecule has 1 saturated carbocycles. The van der Waals surface area contributed by atoms with Gasteiger partial charge in [-0.3, -0.25) is 0 Å². The molecule has 0 atom stereocenters. The molecule has 0 aliphatic heterocycles. The van der Waals surface area contributed by atoms with Gasteiger partial charge in [-0.05, 0) is 42.0 Å². The number of ether oxygens (including phenoxy) is 1. The first kappa shape index (κ1) is 13.4. The average molecular weight is 247 g/mol. The van der Waals surface area contributed by atoms with Crippen LogP contribution in [0.4, 0.5) is 0 Å². The molecule has 1 aromatic carbocycles. The summed E-state index contributed by atoms with van der Waals surface area (Å²) < 4.78 is 5.43. The highest BCUT2D eigenvalue weighted by atomic mass is 16.5. The van der Waals surface area contributed by atoms with Crippen molar-refractivity contribution in [3.63, 3.8) is 0 Å². The number of nitrogens with two attached hydrogens (primary N) is 1. The Hall–Kier alpha value is -1.02. The number of rotatable bonds is 3. The van der Waals surface area contributed by atoms with Crippen LogP contribution in [0.2, 0.25) is 0 Å². The summed E-state index contributed by atoms with van der Waals surface area (Å²) >= 11 is 0. The van der Waals surface area contributed by atoms with Gasteiger partial charge in [0.15, 0.2) is 0 Å². The molecule has 0 spiro atoms. The normalized spacial score (nSPS) is 18.9. The van der Waals surface area contributed by atoms with Gasteiger partial charge in [-0.1, -0.05) is 39.2 Å². The van der Waals surface area contributed by atoms with Crippen molar-refractivity contribution >= 4 is 0 Å². The van der Waals surface area contributed by atoms with Crippen molar-refractivity contribution in [1.29, 1.82) is 0 Å². The monoisotopic (exact) mass is 247 g/mol. The number of hydrogen-bond donors (Lipinski definition) is 1. The van der Waals surface area contributed by atoms with Crippen LogP contribution in [0.5, 0.6) is 5.75 Å². The van der Waals surface area contributed by atoms with E-state index in [0.29, 0.717) is 5.92 Å². The molecule has 2 N–H and O–H groups in total. The van der Waals surface area contributed by atoms with Crippen LogP contribution in [0.3, 0.4) is 0 Å². The smallest absolute Gasteiger partial charge is 0.119 e. The molecule has 1 aromatic rings. The Bertz CT molecular complexity index is 406. The van der Waals surface area contributed by atoms with Crippen LogP contribution in [0.15, 0.2) is 18.2 Å². The molecule has 1 aliphatic rings. The lowest BCUT2D eigenvalue weighted by Crippen LogP contribution is -2.38. The van der Waals surface area contributed by atoms with E-state index in [1.807, 2.05) is 0 Å². The van der Waals surface area contributed by atoms with E-state index < -0.39 is 0 Å². The summed E-state index contributed by atoms with van der Waals surface area (Å²) in [6.07, 6.45) is 5.99. The maximum absolute atomic E-state index is 6.62. The van der Waals surface area contributed by atoms with Crippen molar-refractivity contribution < 1.29 is 4.74 Å². The van der Waals surface area contributed by atoms with Gasteiger partial charge in [0.25, 0.3) is 0 Å². The molecule has 1 fully saturated rings. The Morgan fingerprint density at radius 2 is 1.78 bits per heavy atom. The van der Waals surface area contributed by atoms with Crippen LogP contribution in [-0.4, -0.2) is 7.11 Å². The summed E-state index contributed by atoms with van der Waals surface area (Å²) in [5.41, 5.74) is 9.05. The first-order chi connectivity index (χ1) is 8.55. The lowest BCUT2D eigenvalue weighted by atomic mass is 9.76. The van der Waals surface area contributed by atoms with E-state index >= 15 is 0 Å². The molecule has 0 unspecified atom stereocenters. The lowest BCUT2D eigenvalue weighted by molar-refractivity contribution is 0.300. The summed E-state index contributed by atoms with van der Waals surface area (Å²) in [6, 6.07) is 6.52. The molecule has 0 saturated heterocycles. The third-order valence-electron chi connectivity index (χ3n) is 4.15. The van der Waals surface area contributed by atoms with Crippen molar-refractivity contribution in [2.75, 3.05) is 7.11 Å². The standard InChI is InChI=1S/C16H25NO/c1-12(2)13-9-14(11-15(10-13)18-3)16(17)7-5-4-6-8-16/h9-12H,4-8,17H2,1-3H3. The molecule has 2 nitrogen and oxygen atoms in total. The molecule has 0 radical (unpaired) electrons. The van der Waals surface area contributed by atoms with Gasteiger partial charge in [0, 0.05) is 5.54 Å². The van der Waals surface area contributed by atoms with Gasteiger partial charge in [0.1, 0.15) is 5.75 Å². The number of methoxy groups -OCH3 is 1. The fraction of sp³-hybridized carbons (Fsp3) is 0.625. The molecule has 18 heavy (non-hydrogen) atoms.